The van der Waals surface area contributed by atoms with Gasteiger partial charge < -0.3 is 126 Å². The predicted molar refractivity (Wildman–Crippen MR) is 449 cm³/mol. The minimum Gasteiger partial charge on any atom is -0.487 e. The zero-order valence-corrected chi connectivity index (χ0v) is 71.5. The normalized spacial score (nSPS) is 20.7. The molecule has 12 atom stereocenters. The van der Waals surface area contributed by atoms with Gasteiger partial charge in [-0.25, -0.2) is 14.0 Å². The molecule has 126 heavy (non-hydrogen) atoms. The number of hydrogen-bond acceptors (Lipinski definition) is 31. The molecule has 41 nitrogen and oxygen atoms in total. The summed E-state index contributed by atoms with van der Waals surface area (Å²) in [5.74, 6) is -1.06. The summed E-state index contributed by atoms with van der Waals surface area (Å²) in [5.41, 5.74) is 0.928. The molecule has 3 saturated heterocycles. The number of amides is 7. The molecule has 3 aromatic carbocycles. The maximum Gasteiger partial charge on any atom is 0.251 e. The molecular formula is C85H126N16O25. The van der Waals surface area contributed by atoms with E-state index in [-0.39, 0.29) is 146 Å². The Hall–Kier alpha value is -9.83. The zero-order valence-electron chi connectivity index (χ0n) is 71.5. The summed E-state index contributed by atoms with van der Waals surface area (Å²) >= 11 is 0. The molecule has 3 aliphatic heterocycles. The van der Waals surface area contributed by atoms with Crippen LogP contribution in [0.5, 0.6) is 17.2 Å². The molecule has 6 aromatic rings. The van der Waals surface area contributed by atoms with Gasteiger partial charge in [0.15, 0.2) is 0 Å². The van der Waals surface area contributed by atoms with E-state index in [1.54, 1.807) is 91.4 Å². The number of ether oxygens (including phenoxy) is 9. The Bertz CT molecular complexity index is 3870. The van der Waals surface area contributed by atoms with Gasteiger partial charge in [-0.05, 0) is 99.5 Å². The van der Waals surface area contributed by atoms with Crippen LogP contribution in [-0.2, 0) is 67.4 Å². The second kappa shape index (κ2) is 54.4. The van der Waals surface area contributed by atoms with Crippen molar-refractivity contribution in [3.63, 3.8) is 0 Å². The molecule has 3 aliphatic rings. The fourth-order valence-electron chi connectivity index (χ4n) is 14.2. The van der Waals surface area contributed by atoms with Crippen LogP contribution in [0.25, 0.3) is 0 Å². The topological polar surface area (TPSA) is 561 Å². The first-order chi connectivity index (χ1) is 61.2. The standard InChI is InChI=1S/C85H126N16O25/c1-2-3-4-5-6-7-8-9-10-26-75(108)92-85(54-118-36-27-72(105)86-30-11-14-33-89-82(115)57-20-17-23-63(39-57)121-48-60-42-99(96-93-60)66-51-124-69(45-102)79(112)76(66)109,55-119-37-28-73(106)87-31-12-15-34-90-83(116)58-21-18-24-64(40-58)122-49-61-43-100(97-94-61)67-52-125-70(46-103)80(113)77(67)110)56-120-38-29-74(107)88-32-13-16-35-91-84(117)59-22-19-25-65(41-59)123-50-62-44-101(98-95-62)68-53-126-71(47-104)81(114)78(68)111/h17-25,39-44,66-71,76-81,102-104,109-114H,2-16,26-38,45-56H2,1H3,(H,86,105)(H,87,106)(H,88,107)(H,89,115)(H,90,116)(H,91,117)(H,92,108)/t66-,67-,68-,69+,70+,71+,76+,77+,78+,79-,80-,81-/m0/s1. The second-order valence-corrected chi connectivity index (χ2v) is 31.6. The van der Waals surface area contributed by atoms with Crippen molar-refractivity contribution in [3.05, 3.63) is 125 Å². The quantitative estimate of drug-likeness (QED) is 0.0230. The number of carbonyl (C=O) groups is 7. The largest absolute Gasteiger partial charge is 0.487 e. The van der Waals surface area contributed by atoms with Gasteiger partial charge in [0.1, 0.15) is 133 Å². The number of hydrogen-bond donors (Lipinski definition) is 16. The average molecular weight is 1770 g/mol. The van der Waals surface area contributed by atoms with Crippen LogP contribution in [0.15, 0.2) is 91.4 Å². The van der Waals surface area contributed by atoms with Crippen LogP contribution in [0.4, 0.5) is 0 Å². The first-order valence-corrected chi connectivity index (χ1v) is 43.5. The van der Waals surface area contributed by atoms with Crippen LogP contribution in [0.2, 0.25) is 0 Å². The first-order valence-electron chi connectivity index (χ1n) is 43.5. The van der Waals surface area contributed by atoms with Crippen molar-refractivity contribution in [2.75, 3.05) is 119 Å². The monoisotopic (exact) mass is 1770 g/mol. The molecule has 41 heteroatoms. The van der Waals surface area contributed by atoms with E-state index in [9.17, 15) is 79.5 Å². The Morgan fingerprint density at radius 2 is 0.690 bits per heavy atom. The van der Waals surface area contributed by atoms with Crippen molar-refractivity contribution in [3.8, 4) is 17.2 Å². The lowest BCUT2D eigenvalue weighted by Crippen LogP contribution is -2.58. The van der Waals surface area contributed by atoms with E-state index in [4.69, 9.17) is 42.6 Å². The first kappa shape index (κ1) is 99.9. The van der Waals surface area contributed by atoms with E-state index >= 15 is 0 Å². The van der Waals surface area contributed by atoms with E-state index in [0.717, 1.165) is 32.1 Å². The molecule has 0 spiro atoms. The summed E-state index contributed by atoms with van der Waals surface area (Å²) in [6.45, 7) is 1.87. The van der Waals surface area contributed by atoms with Gasteiger partial charge >= 0.3 is 0 Å². The lowest BCUT2D eigenvalue weighted by atomic mass is 9.98. The lowest BCUT2D eigenvalue weighted by molar-refractivity contribution is -0.171. The third-order valence-electron chi connectivity index (χ3n) is 21.6. The molecular weight excluding hydrogens is 1650 g/mol. The number of benzene rings is 3. The smallest absolute Gasteiger partial charge is 0.251 e. The number of rotatable bonds is 59. The van der Waals surface area contributed by atoms with E-state index in [2.05, 4.69) is 75.1 Å². The Morgan fingerprint density at radius 1 is 0.389 bits per heavy atom. The summed E-state index contributed by atoms with van der Waals surface area (Å²) in [4.78, 5) is 93.3. The number of nitrogens with zero attached hydrogens (tertiary/aromatic N) is 9. The highest BCUT2D eigenvalue weighted by Gasteiger charge is 2.43. The molecule has 0 saturated carbocycles. The van der Waals surface area contributed by atoms with Crippen molar-refractivity contribution >= 4 is 41.4 Å². The third-order valence-corrected chi connectivity index (χ3v) is 21.6. The highest BCUT2D eigenvalue weighted by Crippen LogP contribution is 2.29. The minimum absolute atomic E-state index is 0.00288. The van der Waals surface area contributed by atoms with Crippen molar-refractivity contribution in [1.29, 1.82) is 0 Å². The fourth-order valence-corrected chi connectivity index (χ4v) is 14.2. The van der Waals surface area contributed by atoms with E-state index in [1.807, 2.05) is 0 Å². The third kappa shape index (κ3) is 33.1. The van der Waals surface area contributed by atoms with Crippen LogP contribution >= 0.6 is 0 Å². The number of aromatic nitrogens is 9. The molecule has 0 radical (unpaired) electrons. The molecule has 0 bridgehead atoms. The Labute approximate surface area is 730 Å². The van der Waals surface area contributed by atoms with Gasteiger partial charge in [0.25, 0.3) is 17.7 Å². The van der Waals surface area contributed by atoms with Crippen molar-refractivity contribution in [2.45, 2.75) is 227 Å². The number of aliphatic hydroxyl groups is 9. The van der Waals surface area contributed by atoms with Crippen LogP contribution in [-0.4, -0.2) is 311 Å². The number of carbonyl (C=O) groups excluding carboxylic acids is 7. The number of nitrogens with one attached hydrogen (secondary N) is 7. The zero-order chi connectivity index (χ0) is 89.8. The molecule has 696 valence electrons. The molecule has 6 heterocycles. The molecule has 3 aromatic heterocycles. The lowest BCUT2D eigenvalue weighted by Gasteiger charge is -2.36. The van der Waals surface area contributed by atoms with Crippen molar-refractivity contribution in [2.24, 2.45) is 0 Å². The second-order valence-electron chi connectivity index (χ2n) is 31.6. The molecule has 7 amide bonds. The number of aliphatic hydroxyl groups excluding tert-OH is 9. The maximum absolute atomic E-state index is 14.0. The summed E-state index contributed by atoms with van der Waals surface area (Å²) in [5, 5.41) is 136. The van der Waals surface area contributed by atoms with Gasteiger partial charge in [0, 0.05) is 81.6 Å². The van der Waals surface area contributed by atoms with Crippen LogP contribution in [0, 0.1) is 0 Å². The van der Waals surface area contributed by atoms with Crippen LogP contribution in [0.3, 0.4) is 0 Å². The highest BCUT2D eigenvalue weighted by molar-refractivity contribution is 5.95. The Morgan fingerprint density at radius 3 is 1.00 bits per heavy atom. The van der Waals surface area contributed by atoms with Crippen LogP contribution < -0.4 is 51.4 Å². The molecule has 0 aliphatic carbocycles. The Balaban J connectivity index is 0.714. The van der Waals surface area contributed by atoms with Gasteiger partial charge in [0.2, 0.25) is 23.6 Å². The maximum atomic E-state index is 14.0. The number of unbranched alkanes of at least 4 members (excludes halogenated alkanes) is 11. The summed E-state index contributed by atoms with van der Waals surface area (Å²) < 4.78 is 56.7. The van der Waals surface area contributed by atoms with Gasteiger partial charge in [-0.3, -0.25) is 33.6 Å². The van der Waals surface area contributed by atoms with Crippen molar-refractivity contribution in [1.82, 2.24) is 82.2 Å². The molecule has 0 unspecified atom stereocenters. The molecule has 3 fully saturated rings. The van der Waals surface area contributed by atoms with E-state index in [0.29, 0.717) is 135 Å². The van der Waals surface area contributed by atoms with Gasteiger partial charge in [-0.1, -0.05) is 92.1 Å². The van der Waals surface area contributed by atoms with Gasteiger partial charge in [-0.2, -0.15) is 0 Å². The van der Waals surface area contributed by atoms with Gasteiger partial charge in [-0.15, -0.1) is 15.3 Å². The molecule has 16 N–H and O–H groups in total. The predicted octanol–water partition coefficient (Wildman–Crippen LogP) is 0.435. The summed E-state index contributed by atoms with van der Waals surface area (Å²) in [6, 6.07) is 17.5. The van der Waals surface area contributed by atoms with Crippen molar-refractivity contribution < 1.29 is 122 Å². The highest BCUT2D eigenvalue weighted by atomic mass is 16.5. The fraction of sp³-hybridized carbons (Fsp3) is 0.635. The average Bonchev–Trinajstić information content (AvgIpc) is 1.59. The van der Waals surface area contributed by atoms with Crippen LogP contribution in [0.1, 0.15) is 195 Å². The van der Waals surface area contributed by atoms with E-state index < -0.39 is 98.4 Å². The van der Waals surface area contributed by atoms with E-state index in [1.165, 1.54) is 33.3 Å². The Kier molecular flexibility index (Phi) is 43.1. The molecule has 9 rings (SSSR count). The summed E-state index contributed by atoms with van der Waals surface area (Å²) in [7, 11) is 0. The SMILES string of the molecule is CCCCCCCCCCCC(=O)NC(COCCC(=O)NCCCCNC(=O)c1cccc(OCc2cn([C@H]3CO[C@H](CO)[C@H](O)[C@@H]3O)nn2)c1)(COCCC(=O)NCCCCNC(=O)c1cccc(OCc2cn([C@H]3CO[C@H](CO)[C@H](O)[C@@H]3O)nn2)c1)COCCC(=O)NCCCCNC(=O)c1cccc(OCc2cn([C@H]3CO[C@H](CO)[C@H](O)[C@@H]3O)nn2)c1. The van der Waals surface area contributed by atoms with Gasteiger partial charge in [0.05, 0.1) is 97.9 Å². The minimum atomic E-state index is -1.35. The summed E-state index contributed by atoms with van der Waals surface area (Å²) in [6.07, 6.45) is 6.79.